The number of halogens is 2. The summed E-state index contributed by atoms with van der Waals surface area (Å²) in [5.74, 6) is -2.50. The summed E-state index contributed by atoms with van der Waals surface area (Å²) in [6.07, 6.45) is 2.20. The van der Waals surface area contributed by atoms with E-state index in [2.05, 4.69) is 10.6 Å². The second-order valence-electron chi connectivity index (χ2n) is 5.92. The monoisotopic (exact) mass is 340 g/mol. The van der Waals surface area contributed by atoms with Gasteiger partial charge >= 0.3 is 0 Å². The number of methoxy groups -OCH3 is 1. The van der Waals surface area contributed by atoms with Crippen LogP contribution in [0.3, 0.4) is 0 Å². The van der Waals surface area contributed by atoms with Gasteiger partial charge in [-0.05, 0) is 37.8 Å². The van der Waals surface area contributed by atoms with Crippen molar-refractivity contribution in [1.82, 2.24) is 5.32 Å². The number of carbonyl (C=O) groups excluding carboxylic acids is 2. The molecule has 2 rings (SSSR count). The van der Waals surface area contributed by atoms with Crippen molar-refractivity contribution in [2.75, 3.05) is 25.6 Å². The van der Waals surface area contributed by atoms with E-state index in [1.165, 1.54) is 6.07 Å². The topological polar surface area (TPSA) is 67.4 Å². The first-order valence-corrected chi connectivity index (χ1v) is 8.04. The van der Waals surface area contributed by atoms with Crippen molar-refractivity contribution in [1.29, 1.82) is 0 Å². The standard InChI is InChI=1S/C17H22F2N2O3/c1-24-10-9-20-16(22)11-5-7-12(8-6-11)17(23)21-15-13(18)3-2-4-14(15)19/h2-4,11-12H,5-10H2,1H3,(H,20,22)(H,21,23). The van der Waals surface area contributed by atoms with Gasteiger partial charge in [0.1, 0.15) is 17.3 Å². The number of carbonyl (C=O) groups is 2. The first-order chi connectivity index (χ1) is 11.5. The van der Waals surface area contributed by atoms with Crippen LogP contribution in [-0.4, -0.2) is 32.1 Å². The minimum atomic E-state index is -0.797. The van der Waals surface area contributed by atoms with E-state index in [1.54, 1.807) is 7.11 Å². The third kappa shape index (κ3) is 4.74. The highest BCUT2D eigenvalue weighted by Crippen LogP contribution is 2.30. The molecule has 2 amide bonds. The quantitative estimate of drug-likeness (QED) is 0.782. The number of benzene rings is 1. The Morgan fingerprint density at radius 1 is 1.08 bits per heavy atom. The fourth-order valence-corrected chi connectivity index (χ4v) is 2.88. The summed E-state index contributed by atoms with van der Waals surface area (Å²) in [6.45, 7) is 0.917. The Labute approximate surface area is 139 Å². The molecule has 2 N–H and O–H groups in total. The van der Waals surface area contributed by atoms with E-state index in [-0.39, 0.29) is 17.7 Å². The van der Waals surface area contributed by atoms with Gasteiger partial charge in [0.05, 0.1) is 6.61 Å². The molecule has 0 heterocycles. The van der Waals surface area contributed by atoms with Gasteiger partial charge in [-0.2, -0.15) is 0 Å². The van der Waals surface area contributed by atoms with Crippen molar-refractivity contribution in [3.63, 3.8) is 0 Å². The number of rotatable bonds is 6. The number of amides is 2. The predicted molar refractivity (Wildman–Crippen MR) is 85.3 cm³/mol. The predicted octanol–water partition coefficient (Wildman–Crippen LogP) is 2.47. The number of ether oxygens (including phenoxy) is 1. The van der Waals surface area contributed by atoms with Gasteiger partial charge in [0, 0.05) is 25.5 Å². The molecule has 0 unspecified atom stereocenters. The average molecular weight is 340 g/mol. The van der Waals surface area contributed by atoms with Crippen LogP contribution < -0.4 is 10.6 Å². The normalized spacial score (nSPS) is 20.5. The molecule has 0 saturated heterocycles. The van der Waals surface area contributed by atoms with E-state index in [4.69, 9.17) is 4.74 Å². The summed E-state index contributed by atoms with van der Waals surface area (Å²) in [7, 11) is 1.56. The van der Waals surface area contributed by atoms with Crippen LogP contribution in [0.2, 0.25) is 0 Å². The fraction of sp³-hybridized carbons (Fsp3) is 0.529. The first kappa shape index (κ1) is 18.3. The molecule has 7 heteroatoms. The molecule has 1 fully saturated rings. The molecule has 0 atom stereocenters. The molecule has 0 spiro atoms. The SMILES string of the molecule is COCCNC(=O)C1CCC(C(=O)Nc2c(F)cccc2F)CC1. The summed E-state index contributed by atoms with van der Waals surface area (Å²) in [4.78, 5) is 24.2. The fourth-order valence-electron chi connectivity index (χ4n) is 2.88. The molecule has 1 aliphatic carbocycles. The molecule has 1 aromatic carbocycles. The molecule has 0 aliphatic heterocycles. The second kappa shape index (κ2) is 8.73. The molecule has 24 heavy (non-hydrogen) atoms. The van der Waals surface area contributed by atoms with Crippen LogP contribution in [0.15, 0.2) is 18.2 Å². The van der Waals surface area contributed by atoms with Crippen molar-refractivity contribution in [3.05, 3.63) is 29.8 Å². The Morgan fingerprint density at radius 2 is 1.62 bits per heavy atom. The summed E-state index contributed by atoms with van der Waals surface area (Å²) in [6, 6.07) is 3.44. The van der Waals surface area contributed by atoms with Crippen LogP contribution in [0, 0.1) is 23.5 Å². The van der Waals surface area contributed by atoms with Gasteiger partial charge in [-0.15, -0.1) is 0 Å². The number of anilines is 1. The van der Waals surface area contributed by atoms with Crippen LogP contribution >= 0.6 is 0 Å². The number of hydrogen-bond acceptors (Lipinski definition) is 3. The van der Waals surface area contributed by atoms with Crippen molar-refractivity contribution in [3.8, 4) is 0 Å². The lowest BCUT2D eigenvalue weighted by Gasteiger charge is -2.27. The lowest BCUT2D eigenvalue weighted by Crippen LogP contribution is -2.36. The van der Waals surface area contributed by atoms with Crippen LogP contribution in [-0.2, 0) is 14.3 Å². The van der Waals surface area contributed by atoms with Gasteiger partial charge in [-0.1, -0.05) is 6.07 Å². The summed E-state index contributed by atoms with van der Waals surface area (Å²) < 4.78 is 32.0. The highest BCUT2D eigenvalue weighted by molar-refractivity contribution is 5.93. The maximum atomic E-state index is 13.6. The number of nitrogens with one attached hydrogen (secondary N) is 2. The van der Waals surface area contributed by atoms with Crippen LogP contribution in [0.5, 0.6) is 0 Å². The van der Waals surface area contributed by atoms with E-state index in [0.29, 0.717) is 38.8 Å². The molecule has 0 aromatic heterocycles. The van der Waals surface area contributed by atoms with Gasteiger partial charge in [0.25, 0.3) is 0 Å². The summed E-state index contributed by atoms with van der Waals surface area (Å²) >= 11 is 0. The van der Waals surface area contributed by atoms with E-state index in [0.717, 1.165) is 12.1 Å². The van der Waals surface area contributed by atoms with Crippen molar-refractivity contribution >= 4 is 17.5 Å². The largest absolute Gasteiger partial charge is 0.383 e. The first-order valence-electron chi connectivity index (χ1n) is 8.04. The van der Waals surface area contributed by atoms with Crippen molar-refractivity contribution in [2.24, 2.45) is 11.8 Å². The Bertz CT molecular complexity index is 567. The zero-order valence-corrected chi connectivity index (χ0v) is 13.6. The van der Waals surface area contributed by atoms with E-state index in [9.17, 15) is 18.4 Å². The Morgan fingerprint density at radius 3 is 2.17 bits per heavy atom. The highest BCUT2D eigenvalue weighted by Gasteiger charge is 2.30. The molecule has 1 saturated carbocycles. The van der Waals surface area contributed by atoms with Crippen molar-refractivity contribution in [2.45, 2.75) is 25.7 Å². The van der Waals surface area contributed by atoms with E-state index < -0.39 is 23.2 Å². The molecule has 0 radical (unpaired) electrons. The minimum absolute atomic E-state index is 0.0361. The third-order valence-electron chi connectivity index (χ3n) is 4.29. The molecule has 5 nitrogen and oxygen atoms in total. The van der Waals surface area contributed by atoms with Gasteiger partial charge in [0.2, 0.25) is 11.8 Å². The van der Waals surface area contributed by atoms with Crippen LogP contribution in [0.1, 0.15) is 25.7 Å². The van der Waals surface area contributed by atoms with Crippen molar-refractivity contribution < 1.29 is 23.1 Å². The smallest absolute Gasteiger partial charge is 0.227 e. The highest BCUT2D eigenvalue weighted by atomic mass is 19.1. The lowest BCUT2D eigenvalue weighted by molar-refractivity contribution is -0.128. The summed E-state index contributed by atoms with van der Waals surface area (Å²) in [5.41, 5.74) is -0.415. The minimum Gasteiger partial charge on any atom is -0.383 e. The van der Waals surface area contributed by atoms with E-state index >= 15 is 0 Å². The van der Waals surface area contributed by atoms with E-state index in [1.807, 2.05) is 0 Å². The molecule has 132 valence electrons. The molecule has 0 bridgehead atoms. The zero-order chi connectivity index (χ0) is 17.5. The molecular formula is C17H22F2N2O3. The number of para-hydroxylation sites is 1. The average Bonchev–Trinajstić information content (AvgIpc) is 2.58. The Hall–Kier alpha value is -2.02. The number of hydrogen-bond donors (Lipinski definition) is 2. The zero-order valence-electron chi connectivity index (χ0n) is 13.6. The lowest BCUT2D eigenvalue weighted by atomic mass is 9.81. The van der Waals surface area contributed by atoms with Gasteiger partial charge in [-0.3, -0.25) is 9.59 Å². The second-order valence-corrected chi connectivity index (χ2v) is 5.92. The van der Waals surface area contributed by atoms with Gasteiger partial charge in [-0.25, -0.2) is 8.78 Å². The van der Waals surface area contributed by atoms with Crippen LogP contribution in [0.25, 0.3) is 0 Å². The van der Waals surface area contributed by atoms with Gasteiger partial charge in [0.15, 0.2) is 0 Å². The van der Waals surface area contributed by atoms with Crippen LogP contribution in [0.4, 0.5) is 14.5 Å². The molecular weight excluding hydrogens is 318 g/mol. The Balaban J connectivity index is 1.83. The third-order valence-corrected chi connectivity index (χ3v) is 4.29. The molecule has 1 aliphatic rings. The maximum absolute atomic E-state index is 13.6. The molecule has 1 aromatic rings. The maximum Gasteiger partial charge on any atom is 0.227 e. The van der Waals surface area contributed by atoms with Gasteiger partial charge < -0.3 is 15.4 Å². The summed E-state index contributed by atoms with van der Waals surface area (Å²) in [5, 5.41) is 5.12. The Kier molecular flexibility index (Phi) is 6.66.